The molecule has 1 unspecified atom stereocenters. The lowest BCUT2D eigenvalue weighted by molar-refractivity contribution is 0.0827. The van der Waals surface area contributed by atoms with Crippen LogP contribution in [0, 0.1) is 5.92 Å². The molecule has 0 saturated heterocycles. The average molecular weight is 348 g/mol. The van der Waals surface area contributed by atoms with Crippen LogP contribution in [0.5, 0.6) is 0 Å². The summed E-state index contributed by atoms with van der Waals surface area (Å²) in [6.45, 7) is 0.278. The van der Waals surface area contributed by atoms with Gasteiger partial charge >= 0.3 is 0 Å². The van der Waals surface area contributed by atoms with Gasteiger partial charge in [0.15, 0.2) is 0 Å². The summed E-state index contributed by atoms with van der Waals surface area (Å²) in [6, 6.07) is 5.81. The lowest BCUT2D eigenvalue weighted by atomic mass is 10.2. The molecule has 1 saturated carbocycles. The number of benzene rings is 1. The highest BCUT2D eigenvalue weighted by atomic mass is 35.5. The first kappa shape index (κ1) is 18.9. The number of halogens is 1. The molecule has 1 amide bonds. The molecule has 1 atom stereocenters. The number of rotatable bonds is 6. The van der Waals surface area contributed by atoms with Gasteiger partial charge in [0.05, 0.1) is 4.90 Å². The quantitative estimate of drug-likeness (QED) is 0.797. The van der Waals surface area contributed by atoms with Crippen LogP contribution in [0.15, 0.2) is 29.2 Å². The van der Waals surface area contributed by atoms with Crippen LogP contribution in [0.4, 0.5) is 0 Å². The van der Waals surface area contributed by atoms with E-state index in [0.29, 0.717) is 11.5 Å². The molecule has 0 bridgehead atoms. The van der Waals surface area contributed by atoms with Gasteiger partial charge in [0.25, 0.3) is 5.91 Å². The van der Waals surface area contributed by atoms with Crippen molar-refractivity contribution in [1.82, 2.24) is 9.62 Å². The summed E-state index contributed by atoms with van der Waals surface area (Å²) in [7, 11) is -0.410. The van der Waals surface area contributed by atoms with E-state index in [1.54, 1.807) is 26.2 Å². The third-order valence-electron chi connectivity index (χ3n) is 3.55. The van der Waals surface area contributed by atoms with Crippen LogP contribution in [0.1, 0.15) is 23.2 Å². The second-order valence-electron chi connectivity index (χ2n) is 5.53. The van der Waals surface area contributed by atoms with Crippen molar-refractivity contribution in [3.63, 3.8) is 0 Å². The number of carbonyl (C=O) groups excluding carboxylic acids is 1. The highest BCUT2D eigenvalue weighted by Gasteiger charge is 2.33. The zero-order valence-corrected chi connectivity index (χ0v) is 14.3. The van der Waals surface area contributed by atoms with Crippen molar-refractivity contribution in [2.45, 2.75) is 23.8 Å². The molecule has 3 N–H and O–H groups in total. The number of amides is 1. The Labute approximate surface area is 137 Å². The normalized spacial score (nSPS) is 15.8. The molecule has 1 aromatic carbocycles. The van der Waals surface area contributed by atoms with Crippen LogP contribution in [0.25, 0.3) is 0 Å². The van der Waals surface area contributed by atoms with Gasteiger partial charge in [-0.3, -0.25) is 4.79 Å². The molecule has 1 fully saturated rings. The van der Waals surface area contributed by atoms with E-state index in [4.69, 9.17) is 5.73 Å². The minimum Gasteiger partial charge on any atom is -0.345 e. The van der Waals surface area contributed by atoms with E-state index in [9.17, 15) is 13.2 Å². The molecule has 0 aliphatic heterocycles. The van der Waals surface area contributed by atoms with Gasteiger partial charge in [0.2, 0.25) is 10.0 Å². The smallest absolute Gasteiger partial charge is 0.253 e. The molecule has 22 heavy (non-hydrogen) atoms. The summed E-state index contributed by atoms with van der Waals surface area (Å²) in [5.74, 6) is 0.0981. The lowest BCUT2D eigenvalue weighted by Crippen LogP contribution is -2.41. The molecule has 0 spiro atoms. The zero-order chi connectivity index (χ0) is 15.6. The number of hydrogen-bond acceptors (Lipinski definition) is 4. The third-order valence-corrected chi connectivity index (χ3v) is 5.04. The number of sulfonamides is 1. The largest absolute Gasteiger partial charge is 0.345 e. The Kier molecular flexibility index (Phi) is 6.37. The van der Waals surface area contributed by atoms with Crippen molar-refractivity contribution >= 4 is 28.3 Å². The molecule has 124 valence electrons. The minimum absolute atomic E-state index is 0. The number of nitrogens with two attached hydrogens (primary N) is 1. The average Bonchev–Trinajstić information content (AvgIpc) is 3.28. The van der Waals surface area contributed by atoms with Crippen LogP contribution >= 0.6 is 12.4 Å². The van der Waals surface area contributed by atoms with E-state index < -0.39 is 10.0 Å². The topological polar surface area (TPSA) is 92.5 Å². The number of nitrogens with zero attached hydrogens (tertiary/aromatic N) is 1. The first-order valence-corrected chi connectivity index (χ1v) is 8.37. The van der Waals surface area contributed by atoms with E-state index in [0.717, 1.165) is 12.8 Å². The second kappa shape index (κ2) is 7.41. The molecule has 2 rings (SSSR count). The van der Waals surface area contributed by atoms with Crippen LogP contribution in [-0.4, -0.2) is 45.9 Å². The minimum atomic E-state index is -3.66. The summed E-state index contributed by atoms with van der Waals surface area (Å²) >= 11 is 0. The van der Waals surface area contributed by atoms with Crippen LogP contribution in [0.2, 0.25) is 0 Å². The van der Waals surface area contributed by atoms with Crippen molar-refractivity contribution in [2.24, 2.45) is 11.7 Å². The molecule has 6 nitrogen and oxygen atoms in total. The first-order chi connectivity index (χ1) is 9.85. The van der Waals surface area contributed by atoms with Gasteiger partial charge < -0.3 is 10.6 Å². The Morgan fingerprint density at radius 3 is 2.55 bits per heavy atom. The van der Waals surface area contributed by atoms with Gasteiger partial charge in [0.1, 0.15) is 0 Å². The predicted octanol–water partition coefficient (Wildman–Crippen LogP) is 0.826. The maximum absolute atomic E-state index is 12.4. The molecule has 8 heteroatoms. The third kappa shape index (κ3) is 4.42. The van der Waals surface area contributed by atoms with Crippen LogP contribution in [0.3, 0.4) is 0 Å². The Hall–Kier alpha value is -1.15. The van der Waals surface area contributed by atoms with E-state index >= 15 is 0 Å². The summed E-state index contributed by atoms with van der Waals surface area (Å²) in [5, 5.41) is 0. The Bertz CT molecular complexity index is 630. The molecular formula is C14H22ClN3O3S. The molecule has 1 aliphatic rings. The highest BCUT2D eigenvalue weighted by molar-refractivity contribution is 7.89. The number of carbonyl (C=O) groups is 1. The first-order valence-electron chi connectivity index (χ1n) is 6.89. The zero-order valence-electron chi connectivity index (χ0n) is 12.7. The summed E-state index contributed by atoms with van der Waals surface area (Å²) in [6.07, 6.45) is 2.01. The summed E-state index contributed by atoms with van der Waals surface area (Å²) < 4.78 is 27.4. The Morgan fingerprint density at radius 1 is 1.41 bits per heavy atom. The molecule has 0 aromatic heterocycles. The van der Waals surface area contributed by atoms with Gasteiger partial charge in [-0.05, 0) is 37.0 Å². The van der Waals surface area contributed by atoms with Crippen molar-refractivity contribution < 1.29 is 13.2 Å². The van der Waals surface area contributed by atoms with E-state index in [1.165, 1.54) is 17.0 Å². The predicted molar refractivity (Wildman–Crippen MR) is 87.6 cm³/mol. The fourth-order valence-electron chi connectivity index (χ4n) is 2.16. The maximum atomic E-state index is 12.4. The number of nitrogens with one attached hydrogen (secondary N) is 1. The Morgan fingerprint density at radius 2 is 2.05 bits per heavy atom. The van der Waals surface area contributed by atoms with Gasteiger partial charge in [-0.1, -0.05) is 6.07 Å². The lowest BCUT2D eigenvalue weighted by Gasteiger charge is -2.17. The van der Waals surface area contributed by atoms with Crippen molar-refractivity contribution in [1.29, 1.82) is 0 Å². The van der Waals surface area contributed by atoms with Gasteiger partial charge in [-0.15, -0.1) is 12.4 Å². The summed E-state index contributed by atoms with van der Waals surface area (Å²) in [4.78, 5) is 13.4. The molecular weight excluding hydrogens is 326 g/mol. The fraction of sp³-hybridized carbons (Fsp3) is 0.500. The van der Waals surface area contributed by atoms with E-state index in [2.05, 4.69) is 4.72 Å². The maximum Gasteiger partial charge on any atom is 0.253 e. The van der Waals surface area contributed by atoms with E-state index in [1.807, 2.05) is 0 Å². The molecule has 1 aromatic rings. The van der Waals surface area contributed by atoms with E-state index in [-0.39, 0.29) is 35.8 Å². The van der Waals surface area contributed by atoms with Gasteiger partial charge in [-0.25, -0.2) is 13.1 Å². The Balaban J connectivity index is 0.00000242. The van der Waals surface area contributed by atoms with Crippen LogP contribution in [-0.2, 0) is 10.0 Å². The van der Waals surface area contributed by atoms with Crippen molar-refractivity contribution in [2.75, 3.05) is 20.6 Å². The fourth-order valence-corrected chi connectivity index (χ4v) is 3.52. The van der Waals surface area contributed by atoms with Gasteiger partial charge in [-0.2, -0.15) is 0 Å². The summed E-state index contributed by atoms with van der Waals surface area (Å²) in [5.41, 5.74) is 5.98. The highest BCUT2D eigenvalue weighted by Crippen LogP contribution is 2.32. The van der Waals surface area contributed by atoms with Gasteiger partial charge in [0, 0.05) is 32.2 Å². The SMILES string of the molecule is CN(C)C(=O)c1cccc(S(=O)(=O)NC(CN)C2CC2)c1.Cl. The molecule has 0 heterocycles. The van der Waals surface area contributed by atoms with Crippen LogP contribution < -0.4 is 10.5 Å². The standard InChI is InChI=1S/C14H21N3O3S.ClH/c1-17(2)14(18)11-4-3-5-12(8-11)21(19,20)16-13(9-15)10-6-7-10;/h3-5,8,10,13,16H,6-7,9,15H2,1-2H3;1H. The van der Waals surface area contributed by atoms with Crippen molar-refractivity contribution in [3.05, 3.63) is 29.8 Å². The molecule has 1 aliphatic carbocycles. The second-order valence-corrected chi connectivity index (χ2v) is 7.24. The monoisotopic (exact) mass is 347 g/mol. The molecule has 0 radical (unpaired) electrons. The number of hydrogen-bond donors (Lipinski definition) is 2. The van der Waals surface area contributed by atoms with Crippen molar-refractivity contribution in [3.8, 4) is 0 Å².